The van der Waals surface area contributed by atoms with Crippen LogP contribution in [-0.2, 0) is 4.79 Å². The Labute approximate surface area is 118 Å². The first kappa shape index (κ1) is 16.7. The number of aliphatic hydroxyl groups excluding tert-OH is 2. The van der Waals surface area contributed by atoms with Gasteiger partial charge in [0.25, 0.3) is 0 Å². The Morgan fingerprint density at radius 2 is 1.85 bits per heavy atom. The molecule has 4 N–H and O–H groups in total. The molecule has 1 aliphatic heterocycles. The van der Waals surface area contributed by atoms with Crippen molar-refractivity contribution in [3.8, 4) is 0 Å². The molecule has 0 spiro atoms. The number of hydrogen-bond donors (Lipinski definition) is 4. The molecular formula is C12H23N3O5. The smallest absolute Gasteiger partial charge is 0.326 e. The average Bonchev–Trinajstić information content (AvgIpc) is 2.64. The van der Waals surface area contributed by atoms with Gasteiger partial charge in [0.1, 0.15) is 6.04 Å². The Balaban J connectivity index is 2.48. The lowest BCUT2D eigenvalue weighted by Gasteiger charge is -2.24. The lowest BCUT2D eigenvalue weighted by molar-refractivity contribution is -0.139. The quantitative estimate of drug-likeness (QED) is 0.475. The molecule has 116 valence electrons. The number of carboxylic acid groups (broad SMARTS) is 1. The highest BCUT2D eigenvalue weighted by molar-refractivity contribution is 5.82. The highest BCUT2D eigenvalue weighted by Crippen LogP contribution is 2.04. The highest BCUT2D eigenvalue weighted by Gasteiger charge is 2.24. The molecule has 0 aromatic heterocycles. The van der Waals surface area contributed by atoms with Crippen LogP contribution in [0.25, 0.3) is 0 Å². The van der Waals surface area contributed by atoms with Gasteiger partial charge in [0.2, 0.25) is 0 Å². The minimum Gasteiger partial charge on any atom is -0.480 e. The molecule has 0 saturated carbocycles. The largest absolute Gasteiger partial charge is 0.480 e. The summed E-state index contributed by atoms with van der Waals surface area (Å²) in [4.78, 5) is 26.6. The van der Waals surface area contributed by atoms with E-state index in [0.717, 1.165) is 13.0 Å². The van der Waals surface area contributed by atoms with Gasteiger partial charge >= 0.3 is 12.0 Å². The van der Waals surface area contributed by atoms with Crippen molar-refractivity contribution in [1.29, 1.82) is 0 Å². The van der Waals surface area contributed by atoms with Crippen LogP contribution in [0.1, 0.15) is 12.8 Å². The number of amides is 2. The molecule has 0 aliphatic carbocycles. The van der Waals surface area contributed by atoms with Crippen LogP contribution in [0.15, 0.2) is 0 Å². The van der Waals surface area contributed by atoms with Gasteiger partial charge in [-0.15, -0.1) is 0 Å². The minimum absolute atomic E-state index is 0.00838. The summed E-state index contributed by atoms with van der Waals surface area (Å²) in [5, 5.41) is 29.1. The van der Waals surface area contributed by atoms with Crippen molar-refractivity contribution in [3.05, 3.63) is 0 Å². The first-order chi connectivity index (χ1) is 9.58. The van der Waals surface area contributed by atoms with Crippen molar-refractivity contribution >= 4 is 12.0 Å². The molecule has 1 saturated heterocycles. The predicted molar refractivity (Wildman–Crippen MR) is 71.4 cm³/mol. The number of nitrogens with one attached hydrogen (secondary N) is 1. The summed E-state index contributed by atoms with van der Waals surface area (Å²) in [6, 6.07) is -1.49. The molecule has 0 bridgehead atoms. The summed E-state index contributed by atoms with van der Waals surface area (Å²) in [6.07, 6.45) is 0.775. The standard InChI is InChI=1S/C12H23N3O5/c16-8-2-10(11(18)19)13-12(20)15-4-1-3-14(5-6-15)7-9-17/h10,16-17H,1-9H2,(H,13,20)(H,18,19)/t10-/m0/s1. The number of carbonyl (C=O) groups is 2. The maximum atomic E-state index is 12.0. The maximum Gasteiger partial charge on any atom is 0.326 e. The second-order valence-corrected chi connectivity index (χ2v) is 4.76. The van der Waals surface area contributed by atoms with Crippen molar-refractivity contribution < 1.29 is 24.9 Å². The van der Waals surface area contributed by atoms with E-state index >= 15 is 0 Å². The van der Waals surface area contributed by atoms with Gasteiger partial charge in [-0.25, -0.2) is 9.59 Å². The summed E-state index contributed by atoms with van der Waals surface area (Å²) in [5.74, 6) is -1.15. The Morgan fingerprint density at radius 1 is 1.10 bits per heavy atom. The van der Waals surface area contributed by atoms with Crippen molar-refractivity contribution in [2.45, 2.75) is 18.9 Å². The van der Waals surface area contributed by atoms with E-state index in [1.165, 1.54) is 0 Å². The number of carbonyl (C=O) groups excluding carboxylic acids is 1. The zero-order valence-corrected chi connectivity index (χ0v) is 11.5. The maximum absolute atomic E-state index is 12.0. The van der Waals surface area contributed by atoms with E-state index in [4.69, 9.17) is 15.3 Å². The van der Waals surface area contributed by atoms with Crippen molar-refractivity contribution in [2.24, 2.45) is 0 Å². The van der Waals surface area contributed by atoms with Crippen LogP contribution < -0.4 is 5.32 Å². The Hall–Kier alpha value is -1.38. The van der Waals surface area contributed by atoms with Gasteiger partial charge in [-0.3, -0.25) is 4.90 Å². The van der Waals surface area contributed by atoms with Crippen LogP contribution in [0, 0.1) is 0 Å². The summed E-state index contributed by atoms with van der Waals surface area (Å²) in [6.45, 7) is 2.90. The van der Waals surface area contributed by atoms with E-state index in [2.05, 4.69) is 10.2 Å². The third kappa shape index (κ3) is 5.32. The number of aliphatic hydroxyl groups is 2. The van der Waals surface area contributed by atoms with Crippen LogP contribution in [0.2, 0.25) is 0 Å². The number of β-amino-alcohol motifs (C(OH)–C–C–N with tert-alkyl or cyclic N) is 1. The number of rotatable bonds is 6. The fourth-order valence-electron chi connectivity index (χ4n) is 2.17. The topological polar surface area (TPSA) is 113 Å². The van der Waals surface area contributed by atoms with E-state index in [9.17, 15) is 9.59 Å². The average molecular weight is 289 g/mol. The molecule has 8 nitrogen and oxygen atoms in total. The fourth-order valence-corrected chi connectivity index (χ4v) is 2.17. The summed E-state index contributed by atoms with van der Waals surface area (Å²) in [5.41, 5.74) is 0. The number of aliphatic carboxylic acids is 1. The number of hydrogen-bond acceptors (Lipinski definition) is 5. The van der Waals surface area contributed by atoms with E-state index < -0.39 is 18.0 Å². The minimum atomic E-state index is -1.15. The van der Waals surface area contributed by atoms with E-state index in [0.29, 0.717) is 26.2 Å². The number of urea groups is 1. The van der Waals surface area contributed by atoms with Gasteiger partial charge < -0.3 is 25.5 Å². The molecule has 1 atom stereocenters. The summed E-state index contributed by atoms with van der Waals surface area (Å²) in [7, 11) is 0. The Bertz CT molecular complexity index is 326. The SMILES string of the molecule is O=C(O)[C@H](CCO)NC(=O)N1CCCN(CCO)CC1. The number of carboxylic acids is 1. The van der Waals surface area contributed by atoms with Crippen LogP contribution in [0.5, 0.6) is 0 Å². The lowest BCUT2D eigenvalue weighted by atomic mass is 10.2. The Kier molecular flexibility index (Phi) is 7.27. The zero-order valence-electron chi connectivity index (χ0n) is 11.5. The lowest BCUT2D eigenvalue weighted by Crippen LogP contribution is -2.49. The summed E-state index contributed by atoms with van der Waals surface area (Å²) >= 11 is 0. The number of nitrogens with zero attached hydrogens (tertiary/aromatic N) is 2. The normalized spacial score (nSPS) is 18.4. The van der Waals surface area contributed by atoms with Crippen LogP contribution >= 0.6 is 0 Å². The zero-order chi connectivity index (χ0) is 15.0. The molecule has 1 fully saturated rings. The second kappa shape index (κ2) is 8.72. The van der Waals surface area contributed by atoms with Crippen molar-refractivity contribution in [3.63, 3.8) is 0 Å². The molecule has 1 rings (SSSR count). The second-order valence-electron chi connectivity index (χ2n) is 4.76. The summed E-state index contributed by atoms with van der Waals surface area (Å²) < 4.78 is 0. The van der Waals surface area contributed by atoms with E-state index in [1.807, 2.05) is 0 Å². The first-order valence-corrected chi connectivity index (χ1v) is 6.80. The third-order valence-electron chi connectivity index (χ3n) is 3.31. The van der Waals surface area contributed by atoms with Gasteiger partial charge in [0.15, 0.2) is 0 Å². The van der Waals surface area contributed by atoms with Crippen molar-refractivity contribution in [2.75, 3.05) is 45.9 Å². The highest BCUT2D eigenvalue weighted by atomic mass is 16.4. The Morgan fingerprint density at radius 3 is 2.45 bits per heavy atom. The van der Waals surface area contributed by atoms with Gasteiger partial charge in [0, 0.05) is 39.2 Å². The van der Waals surface area contributed by atoms with Gasteiger partial charge in [0.05, 0.1) is 6.61 Å². The monoisotopic (exact) mass is 289 g/mol. The third-order valence-corrected chi connectivity index (χ3v) is 3.31. The van der Waals surface area contributed by atoms with E-state index in [1.54, 1.807) is 4.90 Å². The predicted octanol–water partition coefficient (Wildman–Crippen LogP) is -1.47. The molecular weight excluding hydrogens is 266 g/mol. The van der Waals surface area contributed by atoms with Gasteiger partial charge in [-0.2, -0.15) is 0 Å². The van der Waals surface area contributed by atoms with Gasteiger partial charge in [-0.05, 0) is 13.0 Å². The molecule has 2 amide bonds. The van der Waals surface area contributed by atoms with Crippen LogP contribution in [0.3, 0.4) is 0 Å². The molecule has 1 aliphatic rings. The molecule has 0 radical (unpaired) electrons. The van der Waals surface area contributed by atoms with Crippen LogP contribution in [0.4, 0.5) is 4.79 Å². The van der Waals surface area contributed by atoms with Crippen LogP contribution in [-0.4, -0.2) is 89.1 Å². The van der Waals surface area contributed by atoms with Gasteiger partial charge in [-0.1, -0.05) is 0 Å². The van der Waals surface area contributed by atoms with E-state index in [-0.39, 0.29) is 19.6 Å². The molecule has 0 unspecified atom stereocenters. The molecule has 8 heteroatoms. The molecule has 0 aromatic carbocycles. The molecule has 20 heavy (non-hydrogen) atoms. The fraction of sp³-hybridized carbons (Fsp3) is 0.833. The van der Waals surface area contributed by atoms with Crippen molar-refractivity contribution in [1.82, 2.24) is 15.1 Å². The molecule has 0 aromatic rings. The molecule has 1 heterocycles. The first-order valence-electron chi connectivity index (χ1n) is 6.80.